The van der Waals surface area contributed by atoms with Crippen LogP contribution in [0.5, 0.6) is 0 Å². The Kier molecular flexibility index (Phi) is 3.71. The lowest BCUT2D eigenvalue weighted by Gasteiger charge is -2.12. The molecule has 6 nitrogen and oxygen atoms in total. The van der Waals surface area contributed by atoms with Crippen LogP contribution in [0.2, 0.25) is 0 Å². The van der Waals surface area contributed by atoms with Crippen LogP contribution in [0.1, 0.15) is 16.2 Å². The van der Waals surface area contributed by atoms with Crippen molar-refractivity contribution in [3.8, 4) is 0 Å². The van der Waals surface area contributed by atoms with Crippen LogP contribution in [0.25, 0.3) is 0 Å². The van der Waals surface area contributed by atoms with Gasteiger partial charge in [-0.3, -0.25) is 4.79 Å². The number of rotatable bonds is 4. The first-order chi connectivity index (χ1) is 7.73. The summed E-state index contributed by atoms with van der Waals surface area (Å²) in [4.78, 5) is 12.5. The van der Waals surface area contributed by atoms with Crippen LogP contribution in [0.3, 0.4) is 0 Å². The third kappa shape index (κ3) is 3.16. The van der Waals surface area contributed by atoms with E-state index in [1.54, 1.807) is 19.0 Å². The Morgan fingerprint density at radius 2 is 2.06 bits per heavy atom. The first kappa shape index (κ1) is 13.4. The van der Waals surface area contributed by atoms with Crippen molar-refractivity contribution in [1.29, 1.82) is 0 Å². The Bertz CT molecular complexity index is 412. The molecule has 0 aliphatic carbocycles. The number of carbonyl (C=O) groups excluding carboxylic acids is 1. The van der Waals surface area contributed by atoms with E-state index in [-0.39, 0.29) is 6.54 Å². The number of alkyl halides is 3. The normalized spacial score (nSPS) is 12.1. The predicted octanol–water partition coefficient (Wildman–Crippen LogP) is -0.0426. The molecular formula is C8H12F3N5O. The second-order valence-electron chi connectivity index (χ2n) is 3.68. The number of hydrogen-bond donors (Lipinski definition) is 1. The zero-order valence-electron chi connectivity index (χ0n) is 9.32. The fourth-order valence-corrected chi connectivity index (χ4v) is 1.21. The Labute approximate surface area is 95.2 Å². The van der Waals surface area contributed by atoms with E-state index in [1.165, 1.54) is 0 Å². The molecule has 0 spiro atoms. The quantitative estimate of drug-likeness (QED) is 0.814. The third-order valence-corrected chi connectivity index (χ3v) is 2.00. The SMILES string of the molecule is CN(C)CCn1nnc(C(N)=O)c1C(F)(F)F. The number of carbonyl (C=O) groups is 1. The highest BCUT2D eigenvalue weighted by Crippen LogP contribution is 2.30. The molecule has 1 aromatic rings. The molecule has 2 N–H and O–H groups in total. The number of amides is 1. The molecule has 1 aromatic heterocycles. The largest absolute Gasteiger partial charge is 0.435 e. The molecule has 0 saturated carbocycles. The average Bonchev–Trinajstić information content (AvgIpc) is 2.57. The summed E-state index contributed by atoms with van der Waals surface area (Å²) in [5.74, 6) is -1.24. The summed E-state index contributed by atoms with van der Waals surface area (Å²) < 4.78 is 38.8. The van der Waals surface area contributed by atoms with E-state index in [9.17, 15) is 18.0 Å². The van der Waals surface area contributed by atoms with Gasteiger partial charge < -0.3 is 10.6 Å². The van der Waals surface area contributed by atoms with Crippen molar-refractivity contribution < 1.29 is 18.0 Å². The second-order valence-corrected chi connectivity index (χ2v) is 3.68. The van der Waals surface area contributed by atoms with Crippen molar-refractivity contribution >= 4 is 5.91 Å². The van der Waals surface area contributed by atoms with Gasteiger partial charge in [0.05, 0.1) is 6.54 Å². The molecule has 0 bridgehead atoms. The van der Waals surface area contributed by atoms with Crippen LogP contribution in [-0.4, -0.2) is 46.4 Å². The van der Waals surface area contributed by atoms with Gasteiger partial charge in [0.25, 0.3) is 5.91 Å². The van der Waals surface area contributed by atoms with Crippen molar-refractivity contribution in [2.24, 2.45) is 5.73 Å². The molecule has 0 radical (unpaired) electrons. The van der Waals surface area contributed by atoms with Crippen molar-refractivity contribution in [3.63, 3.8) is 0 Å². The number of hydrogen-bond acceptors (Lipinski definition) is 4. The molecule has 1 heterocycles. The van der Waals surface area contributed by atoms with Gasteiger partial charge in [0.1, 0.15) is 0 Å². The van der Waals surface area contributed by atoms with E-state index in [0.29, 0.717) is 11.2 Å². The van der Waals surface area contributed by atoms with Crippen molar-refractivity contribution in [1.82, 2.24) is 19.9 Å². The molecule has 17 heavy (non-hydrogen) atoms. The molecule has 0 aliphatic rings. The van der Waals surface area contributed by atoms with Gasteiger partial charge in [-0.1, -0.05) is 5.21 Å². The molecule has 0 aromatic carbocycles. The summed E-state index contributed by atoms with van der Waals surface area (Å²) in [5, 5.41) is 6.45. The Hall–Kier alpha value is -1.64. The number of likely N-dealkylation sites (N-methyl/N-ethyl adjacent to an activating group) is 1. The number of nitrogens with zero attached hydrogens (tertiary/aromatic N) is 4. The lowest BCUT2D eigenvalue weighted by Crippen LogP contribution is -2.25. The first-order valence-corrected chi connectivity index (χ1v) is 4.68. The first-order valence-electron chi connectivity index (χ1n) is 4.68. The van der Waals surface area contributed by atoms with Gasteiger partial charge in [0.2, 0.25) is 0 Å². The summed E-state index contributed by atoms with van der Waals surface area (Å²) in [5.41, 5.74) is 2.76. The van der Waals surface area contributed by atoms with Crippen molar-refractivity contribution in [2.45, 2.75) is 12.7 Å². The average molecular weight is 251 g/mol. The maximum absolute atomic E-state index is 12.7. The van der Waals surface area contributed by atoms with Gasteiger partial charge in [0.15, 0.2) is 11.4 Å². The minimum absolute atomic E-state index is 0.0257. The molecule has 0 aliphatic heterocycles. The smallest absolute Gasteiger partial charge is 0.364 e. The second kappa shape index (κ2) is 4.70. The fourth-order valence-electron chi connectivity index (χ4n) is 1.21. The van der Waals surface area contributed by atoms with Gasteiger partial charge in [-0.15, -0.1) is 5.10 Å². The molecule has 96 valence electrons. The molecular weight excluding hydrogens is 239 g/mol. The van der Waals surface area contributed by atoms with E-state index in [4.69, 9.17) is 5.73 Å². The van der Waals surface area contributed by atoms with E-state index in [1.807, 2.05) is 0 Å². The number of aromatic nitrogens is 3. The topological polar surface area (TPSA) is 77.0 Å². The number of halogens is 3. The molecule has 9 heteroatoms. The van der Waals surface area contributed by atoms with E-state index < -0.39 is 23.5 Å². The summed E-state index contributed by atoms with van der Waals surface area (Å²) >= 11 is 0. The molecule has 1 rings (SSSR count). The van der Waals surface area contributed by atoms with Crippen molar-refractivity contribution in [3.05, 3.63) is 11.4 Å². The predicted molar refractivity (Wildman–Crippen MR) is 52.1 cm³/mol. The Morgan fingerprint density at radius 1 is 1.47 bits per heavy atom. The van der Waals surface area contributed by atoms with Gasteiger partial charge in [-0.05, 0) is 14.1 Å². The minimum atomic E-state index is -4.71. The highest BCUT2D eigenvalue weighted by molar-refractivity contribution is 5.91. The van der Waals surface area contributed by atoms with Crippen molar-refractivity contribution in [2.75, 3.05) is 20.6 Å². The van der Waals surface area contributed by atoms with Crippen LogP contribution in [-0.2, 0) is 12.7 Å². The van der Waals surface area contributed by atoms with E-state index in [2.05, 4.69) is 10.3 Å². The standard InChI is InChI=1S/C8H12F3N5O/c1-15(2)3-4-16-6(8(9,10)11)5(7(12)17)13-14-16/h3-4H2,1-2H3,(H2,12,17). The van der Waals surface area contributed by atoms with Gasteiger partial charge >= 0.3 is 6.18 Å². The van der Waals surface area contributed by atoms with E-state index in [0.717, 1.165) is 0 Å². The van der Waals surface area contributed by atoms with Crippen LogP contribution in [0.15, 0.2) is 0 Å². The van der Waals surface area contributed by atoms with Gasteiger partial charge in [-0.2, -0.15) is 13.2 Å². The van der Waals surface area contributed by atoms with Gasteiger partial charge in [-0.25, -0.2) is 4.68 Å². The van der Waals surface area contributed by atoms with Gasteiger partial charge in [0, 0.05) is 6.54 Å². The molecule has 0 unspecified atom stereocenters. The molecule has 1 amide bonds. The number of nitrogens with two attached hydrogens (primary N) is 1. The summed E-state index contributed by atoms with van der Waals surface area (Å²) in [7, 11) is 3.42. The maximum Gasteiger partial charge on any atom is 0.435 e. The molecule has 0 saturated heterocycles. The monoisotopic (exact) mass is 251 g/mol. The highest BCUT2D eigenvalue weighted by Gasteiger charge is 2.40. The third-order valence-electron chi connectivity index (χ3n) is 2.00. The van der Waals surface area contributed by atoms with Crippen LogP contribution in [0, 0.1) is 0 Å². The molecule has 0 atom stereocenters. The summed E-state index contributed by atoms with van der Waals surface area (Å²) in [6.45, 7) is 0.312. The zero-order valence-corrected chi connectivity index (χ0v) is 9.32. The lowest BCUT2D eigenvalue weighted by atomic mass is 10.3. The van der Waals surface area contributed by atoms with E-state index >= 15 is 0 Å². The molecule has 0 fully saturated rings. The lowest BCUT2D eigenvalue weighted by molar-refractivity contribution is -0.144. The van der Waals surface area contributed by atoms with Crippen LogP contribution < -0.4 is 5.73 Å². The maximum atomic E-state index is 12.7. The zero-order chi connectivity index (χ0) is 13.2. The van der Waals surface area contributed by atoms with Crippen LogP contribution in [0.4, 0.5) is 13.2 Å². The number of primary amides is 1. The Balaban J connectivity index is 3.10. The Morgan fingerprint density at radius 3 is 2.47 bits per heavy atom. The highest BCUT2D eigenvalue weighted by atomic mass is 19.4. The van der Waals surface area contributed by atoms with Crippen LogP contribution >= 0.6 is 0 Å². The summed E-state index contributed by atoms with van der Waals surface area (Å²) in [6.07, 6.45) is -4.71. The minimum Gasteiger partial charge on any atom is -0.364 e. The fraction of sp³-hybridized carbons (Fsp3) is 0.625. The summed E-state index contributed by atoms with van der Waals surface area (Å²) in [6, 6.07) is 0.